The van der Waals surface area contributed by atoms with Gasteiger partial charge in [0.15, 0.2) is 5.82 Å². The molecule has 1 fully saturated rings. The van der Waals surface area contributed by atoms with Crippen LogP contribution in [-0.2, 0) is 6.18 Å². The number of halogens is 3. The van der Waals surface area contributed by atoms with Crippen molar-refractivity contribution in [2.75, 3.05) is 5.32 Å². The first-order chi connectivity index (χ1) is 16.9. The van der Waals surface area contributed by atoms with Crippen molar-refractivity contribution < 1.29 is 13.2 Å². The minimum Gasteiger partial charge on any atom is -0.367 e. The second-order valence-electron chi connectivity index (χ2n) is 8.45. The predicted octanol–water partition coefficient (Wildman–Crippen LogP) is 6.46. The molecule has 1 aliphatic carbocycles. The molecule has 0 saturated heterocycles. The number of aromatic amines is 1. The van der Waals surface area contributed by atoms with Crippen molar-refractivity contribution in [1.29, 1.82) is 0 Å². The Kier molecular flexibility index (Phi) is 6.72. The highest BCUT2D eigenvalue weighted by Gasteiger charge is 2.31. The summed E-state index contributed by atoms with van der Waals surface area (Å²) in [5.41, 5.74) is 2.18. The number of rotatable bonds is 6. The number of nitrogens with zero attached hydrogens (tertiary/aromatic N) is 4. The Morgan fingerprint density at radius 1 is 0.886 bits per heavy atom. The zero-order chi connectivity index (χ0) is 24.3. The Labute approximate surface area is 204 Å². The number of thioether (sulfide) groups is 1. The van der Waals surface area contributed by atoms with Gasteiger partial charge in [-0.2, -0.15) is 18.3 Å². The molecule has 3 aromatic heterocycles. The minimum absolute atomic E-state index is 0.226. The monoisotopic (exact) mass is 496 g/mol. The third-order valence-electron chi connectivity index (χ3n) is 6.02. The SMILES string of the molecule is FC(F)(F)c1ccc(NC2CCC(Sc3ccc(-c4ccnc(-c5ncn[nH]5)c4)cc3)CC2)nc1. The van der Waals surface area contributed by atoms with Gasteiger partial charge in [0, 0.05) is 28.6 Å². The Morgan fingerprint density at radius 2 is 1.69 bits per heavy atom. The van der Waals surface area contributed by atoms with Crippen LogP contribution < -0.4 is 5.32 Å². The van der Waals surface area contributed by atoms with Crippen LogP contribution >= 0.6 is 11.8 Å². The predicted molar refractivity (Wildman–Crippen MR) is 130 cm³/mol. The number of aromatic nitrogens is 5. The number of hydrogen-bond acceptors (Lipinski definition) is 6. The van der Waals surface area contributed by atoms with Crippen molar-refractivity contribution in [3.8, 4) is 22.6 Å². The number of nitrogens with one attached hydrogen (secondary N) is 2. The number of alkyl halides is 3. The average molecular weight is 497 g/mol. The summed E-state index contributed by atoms with van der Waals surface area (Å²) in [6.07, 6.45) is 3.74. The molecule has 0 atom stereocenters. The third kappa shape index (κ3) is 5.82. The van der Waals surface area contributed by atoms with Gasteiger partial charge in [0.1, 0.15) is 17.8 Å². The van der Waals surface area contributed by atoms with E-state index in [9.17, 15) is 13.2 Å². The largest absolute Gasteiger partial charge is 0.417 e. The number of anilines is 1. The lowest BCUT2D eigenvalue weighted by molar-refractivity contribution is -0.137. The normalized spacial score (nSPS) is 18.4. The molecular formula is C25H23F3N6S. The van der Waals surface area contributed by atoms with E-state index in [0.29, 0.717) is 16.9 Å². The molecule has 6 nitrogen and oxygen atoms in total. The second kappa shape index (κ2) is 10.1. The number of benzene rings is 1. The van der Waals surface area contributed by atoms with E-state index in [1.54, 1.807) is 6.20 Å². The van der Waals surface area contributed by atoms with E-state index in [2.05, 4.69) is 54.7 Å². The minimum atomic E-state index is -4.36. The lowest BCUT2D eigenvalue weighted by atomic mass is 9.95. The molecule has 180 valence electrons. The van der Waals surface area contributed by atoms with Crippen LogP contribution in [0.15, 0.2) is 72.1 Å². The second-order valence-corrected chi connectivity index (χ2v) is 9.83. The smallest absolute Gasteiger partial charge is 0.367 e. The van der Waals surface area contributed by atoms with Crippen molar-refractivity contribution in [2.45, 2.75) is 48.0 Å². The molecule has 0 unspecified atom stereocenters. The highest BCUT2D eigenvalue weighted by Crippen LogP contribution is 2.36. The maximum absolute atomic E-state index is 12.7. The van der Waals surface area contributed by atoms with Gasteiger partial charge in [-0.25, -0.2) is 9.97 Å². The van der Waals surface area contributed by atoms with Gasteiger partial charge in [-0.3, -0.25) is 10.1 Å². The van der Waals surface area contributed by atoms with Gasteiger partial charge in [-0.1, -0.05) is 12.1 Å². The van der Waals surface area contributed by atoms with Crippen LogP contribution in [0.1, 0.15) is 31.2 Å². The number of hydrogen-bond donors (Lipinski definition) is 2. The van der Waals surface area contributed by atoms with E-state index >= 15 is 0 Å². The van der Waals surface area contributed by atoms with E-state index in [1.165, 1.54) is 17.3 Å². The molecule has 4 aromatic rings. The quantitative estimate of drug-likeness (QED) is 0.319. The molecule has 1 aliphatic rings. The van der Waals surface area contributed by atoms with Crippen molar-refractivity contribution in [3.05, 3.63) is 72.8 Å². The first-order valence-electron chi connectivity index (χ1n) is 11.3. The third-order valence-corrected chi connectivity index (χ3v) is 7.37. The van der Waals surface area contributed by atoms with Gasteiger partial charge in [0.25, 0.3) is 0 Å². The molecule has 3 heterocycles. The molecule has 0 amide bonds. The number of H-pyrrole nitrogens is 1. The van der Waals surface area contributed by atoms with Gasteiger partial charge >= 0.3 is 6.18 Å². The number of pyridine rings is 2. The molecule has 10 heteroatoms. The van der Waals surface area contributed by atoms with Crippen molar-refractivity contribution in [3.63, 3.8) is 0 Å². The summed E-state index contributed by atoms with van der Waals surface area (Å²) >= 11 is 1.88. The molecule has 35 heavy (non-hydrogen) atoms. The van der Waals surface area contributed by atoms with Gasteiger partial charge < -0.3 is 5.32 Å². The summed E-state index contributed by atoms with van der Waals surface area (Å²) in [7, 11) is 0. The van der Waals surface area contributed by atoms with E-state index in [1.807, 2.05) is 23.9 Å². The van der Waals surface area contributed by atoms with Gasteiger partial charge in [0.2, 0.25) is 0 Å². The van der Waals surface area contributed by atoms with E-state index in [-0.39, 0.29) is 6.04 Å². The van der Waals surface area contributed by atoms with Gasteiger partial charge in [0.05, 0.1) is 5.56 Å². The summed E-state index contributed by atoms with van der Waals surface area (Å²) in [4.78, 5) is 13.7. The summed E-state index contributed by atoms with van der Waals surface area (Å²) in [5, 5.41) is 10.5. The Hall–Kier alpha value is -3.40. The summed E-state index contributed by atoms with van der Waals surface area (Å²) in [6, 6.07) is 15.2. The van der Waals surface area contributed by atoms with E-state index in [4.69, 9.17) is 0 Å². The zero-order valence-electron chi connectivity index (χ0n) is 18.7. The molecule has 2 N–H and O–H groups in total. The Morgan fingerprint density at radius 3 is 2.34 bits per heavy atom. The van der Waals surface area contributed by atoms with Crippen LogP contribution in [0.3, 0.4) is 0 Å². The van der Waals surface area contributed by atoms with E-state index < -0.39 is 11.7 Å². The fraction of sp³-hybridized carbons (Fsp3) is 0.280. The molecule has 1 aromatic carbocycles. The molecule has 0 aliphatic heterocycles. The van der Waals surface area contributed by atoms with Gasteiger partial charge in [-0.05, 0) is 73.2 Å². The highest BCUT2D eigenvalue weighted by molar-refractivity contribution is 8.00. The first-order valence-corrected chi connectivity index (χ1v) is 12.2. The molecule has 0 spiro atoms. The van der Waals surface area contributed by atoms with E-state index in [0.717, 1.165) is 54.8 Å². The van der Waals surface area contributed by atoms with Crippen LogP contribution in [0, 0.1) is 0 Å². The van der Waals surface area contributed by atoms with Crippen molar-refractivity contribution in [1.82, 2.24) is 25.1 Å². The molecule has 0 bridgehead atoms. The molecule has 1 saturated carbocycles. The van der Waals surface area contributed by atoms with Crippen LogP contribution in [0.4, 0.5) is 19.0 Å². The highest BCUT2D eigenvalue weighted by atomic mass is 32.2. The van der Waals surface area contributed by atoms with Crippen molar-refractivity contribution in [2.24, 2.45) is 0 Å². The molecule has 5 rings (SSSR count). The van der Waals surface area contributed by atoms with Gasteiger partial charge in [-0.15, -0.1) is 11.8 Å². The lowest BCUT2D eigenvalue weighted by Gasteiger charge is -2.29. The fourth-order valence-electron chi connectivity index (χ4n) is 4.17. The van der Waals surface area contributed by atoms with Crippen LogP contribution in [0.2, 0.25) is 0 Å². The zero-order valence-corrected chi connectivity index (χ0v) is 19.5. The van der Waals surface area contributed by atoms with Crippen LogP contribution in [0.5, 0.6) is 0 Å². The molecule has 0 radical (unpaired) electrons. The topological polar surface area (TPSA) is 79.4 Å². The van der Waals surface area contributed by atoms with Crippen LogP contribution in [-0.4, -0.2) is 36.4 Å². The summed E-state index contributed by atoms with van der Waals surface area (Å²) < 4.78 is 38.1. The fourth-order valence-corrected chi connectivity index (χ4v) is 5.35. The standard InChI is InChI=1S/C25H23F3N6S/c26-25(27,28)18-3-10-23(30-14-18)33-19-4-8-21(9-5-19)35-20-6-1-16(2-7-20)17-11-12-29-22(13-17)24-31-15-32-34-24/h1-3,6-7,10-15,19,21H,4-5,8-9H2,(H,30,33)(H,31,32,34). The Balaban J connectivity index is 1.14. The maximum Gasteiger partial charge on any atom is 0.417 e. The average Bonchev–Trinajstić information content (AvgIpc) is 3.41. The lowest BCUT2D eigenvalue weighted by Crippen LogP contribution is -2.27. The van der Waals surface area contributed by atoms with Crippen molar-refractivity contribution >= 4 is 17.6 Å². The first kappa shape index (κ1) is 23.3. The maximum atomic E-state index is 12.7. The summed E-state index contributed by atoms with van der Waals surface area (Å²) in [6.45, 7) is 0. The Bertz CT molecular complexity index is 1240. The van der Waals surface area contributed by atoms with Crippen LogP contribution in [0.25, 0.3) is 22.6 Å². The summed E-state index contributed by atoms with van der Waals surface area (Å²) in [5.74, 6) is 1.13. The molecular weight excluding hydrogens is 473 g/mol.